The molecule has 0 bridgehead atoms. The molecular weight excluding hydrogens is 357 g/mol. The molecule has 1 aliphatic rings. The first-order valence-corrected chi connectivity index (χ1v) is 9.48. The first-order chi connectivity index (χ1) is 12.6. The van der Waals surface area contributed by atoms with Crippen molar-refractivity contribution in [1.29, 1.82) is 0 Å². The van der Waals surface area contributed by atoms with E-state index in [1.807, 2.05) is 0 Å². The minimum atomic E-state index is -0.362. The highest BCUT2D eigenvalue weighted by atomic mass is 32.2. The van der Waals surface area contributed by atoms with Crippen molar-refractivity contribution in [3.05, 3.63) is 51.8 Å². The van der Waals surface area contributed by atoms with Crippen molar-refractivity contribution in [2.75, 3.05) is 17.7 Å². The van der Waals surface area contributed by atoms with E-state index in [1.165, 1.54) is 36.0 Å². The van der Waals surface area contributed by atoms with E-state index < -0.39 is 0 Å². The summed E-state index contributed by atoms with van der Waals surface area (Å²) >= 11 is 1.24. The van der Waals surface area contributed by atoms with Crippen LogP contribution in [-0.2, 0) is 24.2 Å². The lowest BCUT2D eigenvalue weighted by molar-refractivity contribution is -0.113. The van der Waals surface area contributed by atoms with Gasteiger partial charge in [-0.05, 0) is 49.9 Å². The molecule has 0 radical (unpaired) electrons. The summed E-state index contributed by atoms with van der Waals surface area (Å²) in [6.45, 7) is 0.488. The number of aromatic nitrogens is 2. The number of hydrogen-bond donors (Lipinski definition) is 2. The number of carbonyl (C=O) groups is 1. The molecule has 0 aliphatic heterocycles. The molecule has 8 heteroatoms. The van der Waals surface area contributed by atoms with Gasteiger partial charge in [0.1, 0.15) is 10.8 Å². The van der Waals surface area contributed by atoms with Gasteiger partial charge < -0.3 is 10.4 Å². The van der Waals surface area contributed by atoms with E-state index in [4.69, 9.17) is 5.11 Å². The van der Waals surface area contributed by atoms with Crippen LogP contribution < -0.4 is 11.0 Å². The number of anilines is 1. The zero-order chi connectivity index (χ0) is 18.5. The van der Waals surface area contributed by atoms with Gasteiger partial charge in [0, 0.05) is 30.1 Å². The Bertz CT molecular complexity index is 852. The summed E-state index contributed by atoms with van der Waals surface area (Å²) in [7, 11) is 0. The Hall–Kier alpha value is -2.19. The number of thioether (sulfide) groups is 1. The number of amides is 1. The highest BCUT2D eigenvalue weighted by Gasteiger charge is 2.22. The summed E-state index contributed by atoms with van der Waals surface area (Å²) < 4.78 is 14.5. The molecule has 0 saturated heterocycles. The zero-order valence-electron chi connectivity index (χ0n) is 14.2. The predicted octanol–water partition coefficient (Wildman–Crippen LogP) is 1.98. The van der Waals surface area contributed by atoms with Gasteiger partial charge in [0.2, 0.25) is 5.91 Å². The lowest BCUT2D eigenvalue weighted by Gasteiger charge is -2.13. The smallest absolute Gasteiger partial charge is 0.348 e. The Balaban J connectivity index is 1.69. The van der Waals surface area contributed by atoms with Crippen LogP contribution >= 0.6 is 11.8 Å². The summed E-state index contributed by atoms with van der Waals surface area (Å²) in [6, 6.07) is 5.55. The van der Waals surface area contributed by atoms with E-state index in [1.54, 1.807) is 4.57 Å². The molecule has 138 valence electrons. The average molecular weight is 377 g/mol. The quantitative estimate of drug-likeness (QED) is 0.569. The monoisotopic (exact) mass is 377 g/mol. The summed E-state index contributed by atoms with van der Waals surface area (Å²) in [5, 5.41) is 12.3. The molecule has 1 aromatic carbocycles. The highest BCUT2D eigenvalue weighted by Crippen LogP contribution is 2.29. The Labute approximate surface area is 154 Å². The van der Waals surface area contributed by atoms with E-state index in [-0.39, 0.29) is 29.8 Å². The van der Waals surface area contributed by atoms with Gasteiger partial charge in [-0.3, -0.25) is 9.36 Å². The van der Waals surface area contributed by atoms with Crippen LogP contribution in [0.5, 0.6) is 0 Å². The number of hydrogen-bond acceptors (Lipinski definition) is 5. The van der Waals surface area contributed by atoms with Crippen LogP contribution in [0.15, 0.2) is 34.1 Å². The molecule has 1 aliphatic carbocycles. The van der Waals surface area contributed by atoms with Gasteiger partial charge in [-0.1, -0.05) is 11.8 Å². The summed E-state index contributed by atoms with van der Waals surface area (Å²) in [5.41, 5.74) is 2.19. The molecule has 0 saturated carbocycles. The fourth-order valence-electron chi connectivity index (χ4n) is 3.03. The maximum absolute atomic E-state index is 12.9. The molecule has 6 nitrogen and oxygen atoms in total. The topological polar surface area (TPSA) is 84.2 Å². The van der Waals surface area contributed by atoms with Crippen LogP contribution in [-0.4, -0.2) is 32.9 Å². The molecule has 1 heterocycles. The summed E-state index contributed by atoms with van der Waals surface area (Å²) in [6.07, 6.45) is 3.12. The fourth-order valence-corrected chi connectivity index (χ4v) is 3.91. The SMILES string of the molecule is O=C(CSc1nc(=O)n(CCCO)c2c1CCC2)Nc1ccc(F)cc1. The number of carbonyl (C=O) groups excluding carboxylic acids is 1. The lowest BCUT2D eigenvalue weighted by atomic mass is 10.2. The van der Waals surface area contributed by atoms with Gasteiger partial charge in [0.05, 0.1) is 5.75 Å². The molecule has 26 heavy (non-hydrogen) atoms. The summed E-state index contributed by atoms with van der Waals surface area (Å²) in [5.74, 6) is -0.477. The maximum atomic E-state index is 12.9. The van der Waals surface area contributed by atoms with Gasteiger partial charge in [-0.25, -0.2) is 9.18 Å². The molecule has 0 fully saturated rings. The van der Waals surface area contributed by atoms with Crippen LogP contribution in [0, 0.1) is 5.82 Å². The third-order valence-corrected chi connectivity index (χ3v) is 5.23. The minimum Gasteiger partial charge on any atom is -0.396 e. The Morgan fingerprint density at radius 1 is 1.31 bits per heavy atom. The van der Waals surface area contributed by atoms with Gasteiger partial charge in [-0.2, -0.15) is 4.98 Å². The number of nitrogens with one attached hydrogen (secondary N) is 1. The second kappa shape index (κ2) is 8.46. The second-order valence-corrected chi connectivity index (χ2v) is 7.01. The second-order valence-electron chi connectivity index (χ2n) is 6.05. The van der Waals surface area contributed by atoms with Crippen LogP contribution in [0.2, 0.25) is 0 Å². The van der Waals surface area contributed by atoms with E-state index in [9.17, 15) is 14.0 Å². The lowest BCUT2D eigenvalue weighted by Crippen LogP contribution is -2.28. The van der Waals surface area contributed by atoms with Crippen molar-refractivity contribution in [2.24, 2.45) is 0 Å². The van der Waals surface area contributed by atoms with Crippen LogP contribution in [0.3, 0.4) is 0 Å². The number of fused-ring (bicyclic) bond motifs is 1. The van der Waals surface area contributed by atoms with Gasteiger partial charge in [-0.15, -0.1) is 0 Å². The number of aliphatic hydroxyl groups is 1. The van der Waals surface area contributed by atoms with Gasteiger partial charge in [0.15, 0.2) is 0 Å². The van der Waals surface area contributed by atoms with E-state index in [0.717, 1.165) is 30.5 Å². The van der Waals surface area contributed by atoms with Crippen molar-refractivity contribution >= 4 is 23.4 Å². The van der Waals surface area contributed by atoms with Crippen LogP contribution in [0.1, 0.15) is 24.1 Å². The third kappa shape index (κ3) is 4.31. The molecular formula is C18H20FN3O3S. The third-order valence-electron chi connectivity index (χ3n) is 4.21. The Kier molecular flexibility index (Phi) is 6.05. The molecule has 1 amide bonds. The molecule has 1 aromatic heterocycles. The van der Waals surface area contributed by atoms with E-state index in [0.29, 0.717) is 23.7 Å². The molecule has 2 aromatic rings. The van der Waals surface area contributed by atoms with Crippen molar-refractivity contribution in [3.8, 4) is 0 Å². The maximum Gasteiger partial charge on any atom is 0.348 e. The summed E-state index contributed by atoms with van der Waals surface area (Å²) in [4.78, 5) is 28.5. The van der Waals surface area contributed by atoms with Crippen molar-refractivity contribution in [3.63, 3.8) is 0 Å². The zero-order valence-corrected chi connectivity index (χ0v) is 15.0. The normalized spacial score (nSPS) is 12.8. The first-order valence-electron chi connectivity index (χ1n) is 8.50. The average Bonchev–Trinajstić information content (AvgIpc) is 3.11. The minimum absolute atomic E-state index is 0.0290. The van der Waals surface area contributed by atoms with Crippen molar-refractivity contribution in [2.45, 2.75) is 37.3 Å². The molecule has 0 spiro atoms. The molecule has 2 N–H and O–H groups in total. The largest absolute Gasteiger partial charge is 0.396 e. The number of nitrogens with zero attached hydrogens (tertiary/aromatic N) is 2. The standard InChI is InChI=1S/C18H20FN3O3S/c19-12-5-7-13(8-6-12)20-16(24)11-26-17-14-3-1-4-15(14)22(9-2-10-23)18(25)21-17/h5-8,23H,1-4,9-11H2,(H,20,24). The van der Waals surface area contributed by atoms with Crippen molar-refractivity contribution in [1.82, 2.24) is 9.55 Å². The van der Waals surface area contributed by atoms with Gasteiger partial charge in [0.25, 0.3) is 0 Å². The fraction of sp³-hybridized carbons (Fsp3) is 0.389. The predicted molar refractivity (Wildman–Crippen MR) is 98.0 cm³/mol. The molecule has 3 rings (SSSR count). The van der Waals surface area contributed by atoms with Crippen LogP contribution in [0.4, 0.5) is 10.1 Å². The molecule has 0 atom stereocenters. The van der Waals surface area contributed by atoms with E-state index >= 15 is 0 Å². The Morgan fingerprint density at radius 2 is 2.08 bits per heavy atom. The first kappa shape index (κ1) is 18.6. The van der Waals surface area contributed by atoms with Crippen molar-refractivity contribution < 1.29 is 14.3 Å². The number of benzene rings is 1. The highest BCUT2D eigenvalue weighted by molar-refractivity contribution is 8.00. The number of rotatable bonds is 7. The number of aliphatic hydroxyl groups excluding tert-OH is 1. The van der Waals surface area contributed by atoms with Crippen LogP contribution in [0.25, 0.3) is 0 Å². The number of halogens is 1. The Morgan fingerprint density at radius 3 is 2.81 bits per heavy atom. The molecule has 0 unspecified atom stereocenters. The van der Waals surface area contributed by atoms with E-state index in [2.05, 4.69) is 10.3 Å². The van der Waals surface area contributed by atoms with Gasteiger partial charge >= 0.3 is 5.69 Å².